The summed E-state index contributed by atoms with van der Waals surface area (Å²) in [5.74, 6) is -0.577. The number of anilines is 1. The Morgan fingerprint density at radius 2 is 2.05 bits per heavy atom. The standard InChI is InChI=1S/C13H15BrF3NO2/c1-3-6-18(8-12(19)20-2)11-7-9(14)4-5-10(11)13(15,16)17/h4-5,7H,3,6,8H2,1-2H3. The largest absolute Gasteiger partial charge is 0.468 e. The van der Waals surface area contributed by atoms with Crippen LogP contribution < -0.4 is 4.90 Å². The van der Waals surface area contributed by atoms with Gasteiger partial charge in [-0.05, 0) is 24.6 Å². The van der Waals surface area contributed by atoms with Gasteiger partial charge in [0.25, 0.3) is 0 Å². The topological polar surface area (TPSA) is 29.5 Å². The number of rotatable bonds is 5. The van der Waals surface area contributed by atoms with E-state index in [0.717, 1.165) is 6.07 Å². The molecule has 0 aliphatic carbocycles. The van der Waals surface area contributed by atoms with E-state index in [1.807, 2.05) is 6.92 Å². The van der Waals surface area contributed by atoms with Crippen LogP contribution in [0.3, 0.4) is 0 Å². The maximum atomic E-state index is 13.0. The molecule has 7 heteroatoms. The number of hydrogen-bond acceptors (Lipinski definition) is 3. The second-order valence-corrected chi connectivity index (χ2v) is 5.07. The van der Waals surface area contributed by atoms with Crippen LogP contribution in [0.15, 0.2) is 22.7 Å². The molecular weight excluding hydrogens is 339 g/mol. The summed E-state index contributed by atoms with van der Waals surface area (Å²) in [6.07, 6.45) is -3.86. The number of benzene rings is 1. The third-order valence-corrected chi connectivity index (χ3v) is 3.14. The van der Waals surface area contributed by atoms with Crippen LogP contribution in [0, 0.1) is 0 Å². The quantitative estimate of drug-likeness (QED) is 0.753. The van der Waals surface area contributed by atoms with E-state index in [2.05, 4.69) is 20.7 Å². The molecule has 0 saturated heterocycles. The van der Waals surface area contributed by atoms with Gasteiger partial charge in [-0.3, -0.25) is 4.79 Å². The van der Waals surface area contributed by atoms with Gasteiger partial charge in [-0.1, -0.05) is 22.9 Å². The van der Waals surface area contributed by atoms with Gasteiger partial charge in [-0.25, -0.2) is 0 Å². The number of halogens is 4. The van der Waals surface area contributed by atoms with Crippen LogP contribution in [0.4, 0.5) is 18.9 Å². The summed E-state index contributed by atoms with van der Waals surface area (Å²) in [6.45, 7) is 1.94. The van der Waals surface area contributed by atoms with Crippen molar-refractivity contribution in [2.45, 2.75) is 19.5 Å². The van der Waals surface area contributed by atoms with Gasteiger partial charge in [-0.2, -0.15) is 13.2 Å². The monoisotopic (exact) mass is 353 g/mol. The summed E-state index contributed by atoms with van der Waals surface area (Å²) in [4.78, 5) is 12.7. The molecule has 0 N–H and O–H groups in total. The number of hydrogen-bond donors (Lipinski definition) is 0. The van der Waals surface area contributed by atoms with Crippen LogP contribution in [0.1, 0.15) is 18.9 Å². The van der Waals surface area contributed by atoms with E-state index in [0.29, 0.717) is 17.4 Å². The fourth-order valence-corrected chi connectivity index (χ4v) is 2.13. The van der Waals surface area contributed by atoms with Crippen molar-refractivity contribution in [2.24, 2.45) is 0 Å². The van der Waals surface area contributed by atoms with Crippen molar-refractivity contribution < 1.29 is 22.7 Å². The molecule has 0 atom stereocenters. The molecule has 0 heterocycles. The first kappa shape index (κ1) is 16.8. The van der Waals surface area contributed by atoms with Crippen LogP contribution in [0.2, 0.25) is 0 Å². The van der Waals surface area contributed by atoms with E-state index in [-0.39, 0.29) is 12.2 Å². The summed E-state index contributed by atoms with van der Waals surface area (Å²) < 4.78 is 44.2. The number of carbonyl (C=O) groups is 1. The average molecular weight is 354 g/mol. The van der Waals surface area contributed by atoms with Gasteiger partial charge < -0.3 is 9.64 Å². The summed E-state index contributed by atoms with van der Waals surface area (Å²) in [7, 11) is 1.21. The molecule has 0 fully saturated rings. The summed E-state index contributed by atoms with van der Waals surface area (Å²) in [5, 5.41) is 0. The molecule has 0 aliphatic rings. The third-order valence-electron chi connectivity index (χ3n) is 2.65. The van der Waals surface area contributed by atoms with Crippen LogP contribution >= 0.6 is 15.9 Å². The molecule has 3 nitrogen and oxygen atoms in total. The first-order chi connectivity index (χ1) is 9.29. The van der Waals surface area contributed by atoms with Gasteiger partial charge in [0.1, 0.15) is 6.54 Å². The maximum Gasteiger partial charge on any atom is 0.418 e. The van der Waals surface area contributed by atoms with Crippen LogP contribution in [-0.2, 0) is 15.7 Å². The molecular formula is C13H15BrF3NO2. The van der Waals surface area contributed by atoms with Crippen molar-refractivity contribution in [3.8, 4) is 0 Å². The minimum absolute atomic E-state index is 0.0286. The molecule has 0 saturated carbocycles. The van der Waals surface area contributed by atoms with E-state index >= 15 is 0 Å². The van der Waals surface area contributed by atoms with Gasteiger partial charge in [-0.15, -0.1) is 0 Å². The van der Waals surface area contributed by atoms with Crippen molar-refractivity contribution in [3.63, 3.8) is 0 Å². The molecule has 112 valence electrons. The lowest BCUT2D eigenvalue weighted by Gasteiger charge is -2.26. The number of ether oxygens (including phenoxy) is 1. The van der Waals surface area contributed by atoms with Gasteiger partial charge >= 0.3 is 12.1 Å². The highest BCUT2D eigenvalue weighted by Gasteiger charge is 2.35. The molecule has 20 heavy (non-hydrogen) atoms. The zero-order chi connectivity index (χ0) is 15.3. The van der Waals surface area contributed by atoms with E-state index in [1.54, 1.807) is 0 Å². The summed E-state index contributed by atoms with van der Waals surface area (Å²) in [5.41, 5.74) is -0.794. The van der Waals surface area contributed by atoms with E-state index in [1.165, 1.54) is 24.1 Å². The molecule has 1 rings (SSSR count). The van der Waals surface area contributed by atoms with E-state index < -0.39 is 17.7 Å². The highest BCUT2D eigenvalue weighted by atomic mass is 79.9. The molecule has 0 spiro atoms. The van der Waals surface area contributed by atoms with Crippen molar-refractivity contribution in [1.82, 2.24) is 0 Å². The number of alkyl halides is 3. The van der Waals surface area contributed by atoms with Gasteiger partial charge in [0.05, 0.1) is 18.4 Å². The number of carbonyl (C=O) groups excluding carboxylic acids is 1. The minimum atomic E-state index is -4.47. The first-order valence-corrected chi connectivity index (χ1v) is 6.77. The fraction of sp³-hybridized carbons (Fsp3) is 0.462. The van der Waals surface area contributed by atoms with Crippen molar-refractivity contribution in [2.75, 3.05) is 25.1 Å². The number of esters is 1. The average Bonchev–Trinajstić information content (AvgIpc) is 2.36. The Hall–Kier alpha value is -1.24. The second kappa shape index (κ2) is 6.97. The van der Waals surface area contributed by atoms with E-state index in [4.69, 9.17) is 0 Å². The predicted molar refractivity (Wildman–Crippen MR) is 73.7 cm³/mol. The normalized spacial score (nSPS) is 11.3. The lowest BCUT2D eigenvalue weighted by Crippen LogP contribution is -2.33. The smallest absolute Gasteiger partial charge is 0.418 e. The maximum absolute atomic E-state index is 13.0. The molecule has 0 aliphatic heterocycles. The molecule has 0 bridgehead atoms. The number of methoxy groups -OCH3 is 1. The van der Waals surface area contributed by atoms with Crippen molar-refractivity contribution >= 4 is 27.6 Å². The SMILES string of the molecule is CCCN(CC(=O)OC)c1cc(Br)ccc1C(F)(F)F. The molecule has 0 amide bonds. The zero-order valence-electron chi connectivity index (χ0n) is 11.1. The molecule has 1 aromatic rings. The Bertz CT molecular complexity index is 477. The van der Waals surface area contributed by atoms with E-state index in [9.17, 15) is 18.0 Å². The Balaban J connectivity index is 3.23. The van der Waals surface area contributed by atoms with Crippen molar-refractivity contribution in [3.05, 3.63) is 28.2 Å². The highest BCUT2D eigenvalue weighted by Crippen LogP contribution is 2.38. The van der Waals surface area contributed by atoms with Gasteiger partial charge in [0.2, 0.25) is 0 Å². The Morgan fingerprint density at radius 1 is 1.40 bits per heavy atom. The molecule has 1 aromatic carbocycles. The lowest BCUT2D eigenvalue weighted by atomic mass is 10.1. The van der Waals surface area contributed by atoms with Crippen LogP contribution in [0.25, 0.3) is 0 Å². The minimum Gasteiger partial charge on any atom is -0.468 e. The Morgan fingerprint density at radius 3 is 2.55 bits per heavy atom. The lowest BCUT2D eigenvalue weighted by molar-refractivity contribution is -0.140. The van der Waals surface area contributed by atoms with Gasteiger partial charge in [0, 0.05) is 11.0 Å². The molecule has 0 radical (unpaired) electrons. The van der Waals surface area contributed by atoms with Crippen LogP contribution in [0.5, 0.6) is 0 Å². The Labute approximate surface area is 123 Å². The first-order valence-electron chi connectivity index (χ1n) is 5.98. The van der Waals surface area contributed by atoms with Crippen LogP contribution in [-0.4, -0.2) is 26.2 Å². The zero-order valence-corrected chi connectivity index (χ0v) is 12.7. The fourth-order valence-electron chi connectivity index (χ4n) is 1.78. The summed E-state index contributed by atoms with van der Waals surface area (Å²) in [6, 6.07) is 3.69. The number of nitrogens with zero attached hydrogens (tertiary/aromatic N) is 1. The molecule has 0 unspecified atom stereocenters. The van der Waals surface area contributed by atoms with Crippen molar-refractivity contribution in [1.29, 1.82) is 0 Å². The third kappa shape index (κ3) is 4.40. The summed E-state index contributed by atoms with van der Waals surface area (Å²) >= 11 is 3.16. The second-order valence-electron chi connectivity index (χ2n) is 4.16. The Kier molecular flexibility index (Phi) is 5.86. The highest BCUT2D eigenvalue weighted by molar-refractivity contribution is 9.10. The molecule has 0 aromatic heterocycles. The predicted octanol–water partition coefficient (Wildman–Crippen LogP) is 3.86. The van der Waals surface area contributed by atoms with Gasteiger partial charge in [0.15, 0.2) is 0 Å².